The average molecular weight is 377 g/mol. The maximum absolute atomic E-state index is 12.7. The van der Waals surface area contributed by atoms with Crippen LogP contribution in [0.4, 0.5) is 0 Å². The van der Waals surface area contributed by atoms with E-state index in [-0.39, 0.29) is 5.91 Å². The van der Waals surface area contributed by atoms with E-state index in [2.05, 4.69) is 39.6 Å². The molecule has 0 bridgehead atoms. The lowest BCUT2D eigenvalue weighted by Gasteiger charge is -2.26. The highest BCUT2D eigenvalue weighted by Gasteiger charge is 2.17. The third-order valence-electron chi connectivity index (χ3n) is 5.33. The fraction of sp³-hybridized carbons (Fsp3) is 0.364. The first-order chi connectivity index (χ1) is 13.7. The van der Waals surface area contributed by atoms with Gasteiger partial charge in [-0.1, -0.05) is 30.7 Å². The van der Waals surface area contributed by atoms with Gasteiger partial charge in [0, 0.05) is 32.5 Å². The topological polar surface area (TPSA) is 55.1 Å². The summed E-state index contributed by atoms with van der Waals surface area (Å²) in [4.78, 5) is 15.2. The van der Waals surface area contributed by atoms with Crippen LogP contribution in [-0.4, -0.2) is 38.2 Å². The number of aryl methyl sites for hydroxylation is 1. The van der Waals surface area contributed by atoms with Crippen molar-refractivity contribution in [2.45, 2.75) is 32.4 Å². The van der Waals surface area contributed by atoms with Crippen LogP contribution in [0.5, 0.6) is 0 Å². The molecule has 0 spiro atoms. The Bertz CT molecular complexity index is 905. The summed E-state index contributed by atoms with van der Waals surface area (Å²) in [7, 11) is 1.84. The Balaban J connectivity index is 1.36. The molecule has 1 aliphatic heterocycles. The van der Waals surface area contributed by atoms with Crippen LogP contribution in [0.25, 0.3) is 5.82 Å². The van der Waals surface area contributed by atoms with Gasteiger partial charge in [-0.25, -0.2) is 0 Å². The normalized spacial score (nSPS) is 14.9. The lowest BCUT2D eigenvalue weighted by atomic mass is 10.1. The van der Waals surface area contributed by atoms with E-state index in [9.17, 15) is 4.79 Å². The van der Waals surface area contributed by atoms with E-state index in [1.165, 1.54) is 37.9 Å². The fourth-order valence-corrected chi connectivity index (χ4v) is 3.79. The van der Waals surface area contributed by atoms with Crippen molar-refractivity contribution < 1.29 is 4.79 Å². The predicted molar refractivity (Wildman–Crippen MR) is 109 cm³/mol. The SMILES string of the molecule is Cn1ncc(C(=O)NCc2ccc(CN3CCCCC3)cc2)c1-n1cccc1. The van der Waals surface area contributed by atoms with Gasteiger partial charge in [0.1, 0.15) is 11.4 Å². The molecule has 6 heteroatoms. The molecule has 1 saturated heterocycles. The van der Waals surface area contributed by atoms with Gasteiger partial charge >= 0.3 is 0 Å². The smallest absolute Gasteiger partial charge is 0.256 e. The molecule has 6 nitrogen and oxygen atoms in total. The van der Waals surface area contributed by atoms with Crippen molar-refractivity contribution in [1.82, 2.24) is 24.6 Å². The number of nitrogens with one attached hydrogen (secondary N) is 1. The summed E-state index contributed by atoms with van der Waals surface area (Å²) in [5.74, 6) is 0.647. The molecular weight excluding hydrogens is 350 g/mol. The number of nitrogens with zero attached hydrogens (tertiary/aromatic N) is 4. The average Bonchev–Trinajstić information content (AvgIpc) is 3.37. The molecule has 3 heterocycles. The number of aromatic nitrogens is 3. The van der Waals surface area contributed by atoms with E-state index >= 15 is 0 Å². The molecule has 1 aromatic carbocycles. The third-order valence-corrected chi connectivity index (χ3v) is 5.33. The van der Waals surface area contributed by atoms with Crippen LogP contribution in [0.2, 0.25) is 0 Å². The largest absolute Gasteiger partial charge is 0.348 e. The first-order valence-corrected chi connectivity index (χ1v) is 9.94. The van der Waals surface area contributed by atoms with Gasteiger partial charge < -0.3 is 9.88 Å². The molecule has 0 radical (unpaired) electrons. The number of hydrogen-bond acceptors (Lipinski definition) is 3. The number of hydrogen-bond donors (Lipinski definition) is 1. The standard InChI is InChI=1S/C22H27N5O/c1-25-22(27-13-5-6-14-27)20(16-24-25)21(28)23-15-18-7-9-19(10-8-18)17-26-11-3-2-4-12-26/h5-10,13-14,16H,2-4,11-12,15,17H2,1H3,(H,23,28). The lowest BCUT2D eigenvalue weighted by molar-refractivity contribution is 0.0951. The molecule has 1 aliphatic rings. The van der Waals surface area contributed by atoms with Gasteiger partial charge in [-0.3, -0.25) is 14.4 Å². The van der Waals surface area contributed by atoms with Gasteiger partial charge in [0.05, 0.1) is 6.20 Å². The zero-order valence-electron chi connectivity index (χ0n) is 16.3. The number of piperidine rings is 1. The van der Waals surface area contributed by atoms with Crippen molar-refractivity contribution >= 4 is 5.91 Å². The molecule has 1 amide bonds. The lowest BCUT2D eigenvalue weighted by Crippen LogP contribution is -2.29. The summed E-state index contributed by atoms with van der Waals surface area (Å²) in [6.07, 6.45) is 9.42. The quantitative estimate of drug-likeness (QED) is 0.718. The molecule has 28 heavy (non-hydrogen) atoms. The fourth-order valence-electron chi connectivity index (χ4n) is 3.79. The highest BCUT2D eigenvalue weighted by atomic mass is 16.1. The minimum absolute atomic E-state index is 0.116. The van der Waals surface area contributed by atoms with E-state index in [1.807, 2.05) is 36.1 Å². The van der Waals surface area contributed by atoms with Crippen LogP contribution in [0.1, 0.15) is 40.7 Å². The van der Waals surface area contributed by atoms with Gasteiger partial charge in [0.25, 0.3) is 5.91 Å². The van der Waals surface area contributed by atoms with E-state index in [0.717, 1.165) is 17.9 Å². The zero-order valence-corrected chi connectivity index (χ0v) is 16.3. The molecule has 0 saturated carbocycles. The van der Waals surface area contributed by atoms with Gasteiger partial charge in [-0.05, 0) is 49.2 Å². The van der Waals surface area contributed by atoms with Gasteiger partial charge in [-0.15, -0.1) is 0 Å². The molecule has 3 aromatic rings. The van der Waals surface area contributed by atoms with Crippen LogP contribution >= 0.6 is 0 Å². The van der Waals surface area contributed by atoms with Crippen molar-refractivity contribution in [1.29, 1.82) is 0 Å². The minimum atomic E-state index is -0.116. The summed E-state index contributed by atoms with van der Waals surface area (Å²) >= 11 is 0. The summed E-state index contributed by atoms with van der Waals surface area (Å²) < 4.78 is 3.61. The Kier molecular flexibility index (Phi) is 5.58. The van der Waals surface area contributed by atoms with Crippen molar-refractivity contribution in [2.24, 2.45) is 7.05 Å². The van der Waals surface area contributed by atoms with E-state index < -0.39 is 0 Å². The number of benzene rings is 1. The predicted octanol–water partition coefficient (Wildman–Crippen LogP) is 3.13. The van der Waals surface area contributed by atoms with Crippen LogP contribution in [0, 0.1) is 0 Å². The van der Waals surface area contributed by atoms with Crippen LogP contribution in [0.3, 0.4) is 0 Å². The number of carbonyl (C=O) groups is 1. The van der Waals surface area contributed by atoms with E-state index in [4.69, 9.17) is 0 Å². The second-order valence-corrected chi connectivity index (χ2v) is 7.43. The van der Waals surface area contributed by atoms with Crippen molar-refractivity contribution in [3.63, 3.8) is 0 Å². The maximum atomic E-state index is 12.7. The molecule has 2 aromatic heterocycles. The molecule has 0 atom stereocenters. The molecular formula is C22H27N5O. The zero-order chi connectivity index (χ0) is 19.3. The summed E-state index contributed by atoms with van der Waals surface area (Å²) in [5.41, 5.74) is 3.00. The van der Waals surface area contributed by atoms with Crippen LogP contribution < -0.4 is 5.32 Å². The molecule has 0 unspecified atom stereocenters. The Morgan fingerprint density at radius 2 is 1.71 bits per heavy atom. The number of likely N-dealkylation sites (tertiary alicyclic amines) is 1. The highest BCUT2D eigenvalue weighted by Crippen LogP contribution is 2.15. The summed E-state index contributed by atoms with van der Waals surface area (Å²) in [6, 6.07) is 12.4. The summed E-state index contributed by atoms with van der Waals surface area (Å²) in [6.45, 7) is 3.92. The molecule has 146 valence electrons. The molecule has 1 fully saturated rings. The molecule has 1 N–H and O–H groups in total. The van der Waals surface area contributed by atoms with Gasteiger partial charge in [0.15, 0.2) is 0 Å². The third kappa shape index (κ3) is 4.17. The molecule has 0 aliphatic carbocycles. The Morgan fingerprint density at radius 1 is 1.04 bits per heavy atom. The minimum Gasteiger partial charge on any atom is -0.348 e. The second-order valence-electron chi connectivity index (χ2n) is 7.43. The monoisotopic (exact) mass is 377 g/mol. The van der Waals surface area contributed by atoms with E-state index in [1.54, 1.807) is 10.9 Å². The Labute approximate surface area is 165 Å². The Hall–Kier alpha value is -2.86. The van der Waals surface area contributed by atoms with Gasteiger partial charge in [-0.2, -0.15) is 5.10 Å². The van der Waals surface area contributed by atoms with Gasteiger partial charge in [0.2, 0.25) is 0 Å². The summed E-state index contributed by atoms with van der Waals surface area (Å²) in [5, 5.41) is 7.26. The van der Waals surface area contributed by atoms with Crippen LogP contribution in [0.15, 0.2) is 55.0 Å². The Morgan fingerprint density at radius 3 is 2.43 bits per heavy atom. The highest BCUT2D eigenvalue weighted by molar-refractivity contribution is 5.97. The number of amides is 1. The number of carbonyl (C=O) groups excluding carboxylic acids is 1. The van der Waals surface area contributed by atoms with Crippen LogP contribution in [-0.2, 0) is 20.1 Å². The van der Waals surface area contributed by atoms with Crippen molar-refractivity contribution in [3.05, 3.63) is 71.7 Å². The first-order valence-electron chi connectivity index (χ1n) is 9.94. The maximum Gasteiger partial charge on any atom is 0.256 e. The van der Waals surface area contributed by atoms with E-state index in [0.29, 0.717) is 12.1 Å². The number of rotatable bonds is 6. The molecule has 4 rings (SSSR count). The van der Waals surface area contributed by atoms with Crippen molar-refractivity contribution in [2.75, 3.05) is 13.1 Å². The first kappa shape index (κ1) is 18.5. The second kappa shape index (κ2) is 8.44. The van der Waals surface area contributed by atoms with Crippen molar-refractivity contribution in [3.8, 4) is 5.82 Å².